The molecule has 1 aromatic carbocycles. The second kappa shape index (κ2) is 6.32. The summed E-state index contributed by atoms with van der Waals surface area (Å²) < 4.78 is 40.0. The van der Waals surface area contributed by atoms with E-state index in [1.165, 1.54) is 27.8 Å². The molecule has 6 heteroatoms. The Balaban J connectivity index is 0.000000309. The number of fused-ring (bicyclic) bond motifs is 3. The van der Waals surface area contributed by atoms with Crippen molar-refractivity contribution in [2.45, 2.75) is 33.6 Å². The van der Waals surface area contributed by atoms with Crippen molar-refractivity contribution in [1.29, 1.82) is 0 Å². The minimum absolute atomic E-state index is 0.942. The van der Waals surface area contributed by atoms with Crippen LogP contribution in [0.25, 0.3) is 11.1 Å². The van der Waals surface area contributed by atoms with Crippen LogP contribution in [0.15, 0.2) is 28.7 Å². The van der Waals surface area contributed by atoms with Gasteiger partial charge in [-0.15, -0.1) is 10.2 Å². The molecule has 0 saturated heterocycles. The van der Waals surface area contributed by atoms with Crippen LogP contribution in [0.5, 0.6) is 0 Å². The Bertz CT molecular complexity index is 686. The van der Waals surface area contributed by atoms with Crippen molar-refractivity contribution in [1.82, 2.24) is 0 Å². The van der Waals surface area contributed by atoms with E-state index in [0.29, 0.717) is 0 Å². The van der Waals surface area contributed by atoms with Gasteiger partial charge in [0.1, 0.15) is 0 Å². The summed E-state index contributed by atoms with van der Waals surface area (Å²) in [5.41, 5.74) is 6.85. The Morgan fingerprint density at radius 1 is 1.09 bits per heavy atom. The highest BCUT2D eigenvalue weighted by Crippen LogP contribution is 2.40. The Labute approximate surface area is 131 Å². The van der Waals surface area contributed by atoms with Crippen molar-refractivity contribution >= 4 is 0 Å². The number of aryl methyl sites for hydroxylation is 1. The molecule has 1 aliphatic rings. The van der Waals surface area contributed by atoms with Gasteiger partial charge in [0.05, 0.1) is 24.5 Å². The van der Waals surface area contributed by atoms with E-state index in [2.05, 4.69) is 45.0 Å². The van der Waals surface area contributed by atoms with Crippen LogP contribution in [-0.2, 0) is 12.8 Å². The predicted octanol–water partition coefficient (Wildman–Crippen LogP) is -0.445. The fraction of sp³-hybridized carbons (Fsp3) is 0.312. The van der Waals surface area contributed by atoms with E-state index in [-0.39, 0.29) is 0 Å². The molecule has 0 bridgehead atoms. The Hall–Kier alpha value is -1.50. The lowest BCUT2D eigenvalue weighted by molar-refractivity contribution is -2.00. The average molecular weight is 325 g/mol. The molecule has 2 aromatic rings. The first-order chi connectivity index (χ1) is 10.2. The first-order valence-electron chi connectivity index (χ1n) is 6.87. The molecule has 3 rings (SSSR count). The van der Waals surface area contributed by atoms with Gasteiger partial charge in [-0.25, -0.2) is 23.1 Å². The highest BCUT2D eigenvalue weighted by atomic mass is 35.7. The van der Waals surface area contributed by atoms with E-state index < -0.39 is 10.2 Å². The smallest absolute Gasteiger partial charge is 0.222 e. The number of rotatable bonds is 1. The Kier molecular flexibility index (Phi) is 4.84. The summed E-state index contributed by atoms with van der Waals surface area (Å²) in [6, 6.07) is 8.62. The molecule has 0 atom stereocenters. The lowest BCUT2D eigenvalue weighted by Gasteiger charge is -2.17. The summed E-state index contributed by atoms with van der Waals surface area (Å²) in [5.74, 6) is 2.22. The summed E-state index contributed by atoms with van der Waals surface area (Å²) in [6.45, 7) is 6.50. The van der Waals surface area contributed by atoms with Crippen LogP contribution in [0.4, 0.5) is 0 Å². The van der Waals surface area contributed by atoms with Crippen LogP contribution >= 0.6 is 0 Å². The van der Waals surface area contributed by atoms with Gasteiger partial charge in [0, 0.05) is 0 Å². The van der Waals surface area contributed by atoms with Gasteiger partial charge < -0.3 is 0 Å². The van der Waals surface area contributed by atoms with E-state index in [0.717, 1.165) is 24.4 Å². The molecule has 0 saturated carbocycles. The van der Waals surface area contributed by atoms with E-state index in [4.69, 9.17) is 23.1 Å². The largest absolute Gasteiger partial charge is 0.341 e. The lowest BCUT2D eigenvalue weighted by Crippen LogP contribution is -2.68. The minimum atomic E-state index is -4.94. The number of benzene rings is 1. The summed E-state index contributed by atoms with van der Waals surface area (Å²) in [7, 11) is -4.94. The van der Waals surface area contributed by atoms with E-state index in [9.17, 15) is 0 Å². The maximum absolute atomic E-state index is 8.49. The van der Waals surface area contributed by atoms with Crippen molar-refractivity contribution in [3.63, 3.8) is 0 Å². The second-order valence-electron chi connectivity index (χ2n) is 5.13. The van der Waals surface area contributed by atoms with E-state index >= 15 is 0 Å². The molecular weight excluding hydrogens is 308 g/mol. The van der Waals surface area contributed by atoms with Gasteiger partial charge in [-0.1, -0.05) is 31.2 Å². The third kappa shape index (κ3) is 3.63. The maximum atomic E-state index is 8.49. The Morgan fingerprint density at radius 3 is 2.27 bits per heavy atom. The number of halogens is 1. The van der Waals surface area contributed by atoms with Gasteiger partial charge in [-0.3, -0.25) is 0 Å². The van der Waals surface area contributed by atoms with Crippen LogP contribution in [0.2, 0.25) is 0 Å². The zero-order valence-corrected chi connectivity index (χ0v) is 13.4. The summed E-state index contributed by atoms with van der Waals surface area (Å²) in [6.07, 6.45) is 1.98. The molecule has 0 spiro atoms. The van der Waals surface area contributed by atoms with Gasteiger partial charge in [-0.2, -0.15) is 0 Å². The number of hydrogen-bond donors (Lipinski definition) is 0. The highest BCUT2D eigenvalue weighted by Gasteiger charge is 2.32. The zero-order chi connectivity index (χ0) is 16.5. The van der Waals surface area contributed by atoms with Crippen molar-refractivity contribution in [3.8, 4) is 11.1 Å². The van der Waals surface area contributed by atoms with Gasteiger partial charge in [0.25, 0.3) is 0 Å². The van der Waals surface area contributed by atoms with Crippen molar-refractivity contribution in [3.05, 3.63) is 52.5 Å². The quantitative estimate of drug-likeness (QED) is 0.564. The van der Waals surface area contributed by atoms with Gasteiger partial charge in [0.2, 0.25) is 0 Å². The summed E-state index contributed by atoms with van der Waals surface area (Å²) in [4.78, 5) is 0. The zero-order valence-electron chi connectivity index (χ0n) is 12.6. The van der Waals surface area contributed by atoms with Crippen LogP contribution in [0.3, 0.4) is 0 Å². The fourth-order valence-corrected chi connectivity index (χ4v) is 3.00. The standard InChI is InChI=1S/C16H17O.ClHO4/c1-4-13-10(2)16-14-8-6-5-7-12(14)9-15(16)17-11(13)3;2-1(3,4)5/h5-8H,4,9H2,1-3H3;(H,2,3,4,5)/q+1;/p-1. The molecule has 0 fully saturated rings. The monoisotopic (exact) mass is 324 g/mol. The molecule has 1 aliphatic carbocycles. The highest BCUT2D eigenvalue weighted by molar-refractivity contribution is 5.78. The molecular formula is C16H17ClO5. The van der Waals surface area contributed by atoms with Gasteiger partial charge in [-0.05, 0) is 30.0 Å². The molecule has 22 heavy (non-hydrogen) atoms. The minimum Gasteiger partial charge on any atom is -0.222 e. The number of hydrogen-bond acceptors (Lipinski definition) is 4. The molecule has 0 aliphatic heterocycles. The maximum Gasteiger partial charge on any atom is 0.341 e. The van der Waals surface area contributed by atoms with Crippen molar-refractivity contribution in [2.24, 2.45) is 0 Å². The predicted molar refractivity (Wildman–Crippen MR) is 70.2 cm³/mol. The molecule has 0 unspecified atom stereocenters. The Morgan fingerprint density at radius 2 is 1.68 bits per heavy atom. The normalized spacial score (nSPS) is 12.3. The second-order valence-corrected chi connectivity index (χ2v) is 5.88. The van der Waals surface area contributed by atoms with Crippen LogP contribution in [0, 0.1) is 24.1 Å². The van der Waals surface area contributed by atoms with Crippen LogP contribution in [-0.4, -0.2) is 0 Å². The van der Waals surface area contributed by atoms with E-state index in [1.807, 2.05) is 0 Å². The van der Waals surface area contributed by atoms with E-state index in [1.54, 1.807) is 0 Å². The topological polar surface area (TPSA) is 104 Å². The summed E-state index contributed by atoms with van der Waals surface area (Å²) >= 11 is 0. The van der Waals surface area contributed by atoms with Gasteiger partial charge >= 0.3 is 11.5 Å². The molecule has 1 heterocycles. The lowest BCUT2D eigenvalue weighted by atomic mass is 9.97. The molecule has 0 N–H and O–H groups in total. The third-order valence-electron chi connectivity index (χ3n) is 3.80. The summed E-state index contributed by atoms with van der Waals surface area (Å²) in [5, 5.41) is 0. The molecule has 0 radical (unpaired) electrons. The fourth-order valence-electron chi connectivity index (χ4n) is 3.00. The molecule has 1 aromatic heterocycles. The van der Waals surface area contributed by atoms with Crippen LogP contribution < -0.4 is 18.6 Å². The molecule has 5 nitrogen and oxygen atoms in total. The SMILES string of the molecule is CCc1c(C)[o+]c2c(c1C)-c1ccccc1C2.[O-][Cl+3]([O-])([O-])[O-]. The first-order valence-corrected chi connectivity index (χ1v) is 8.11. The van der Waals surface area contributed by atoms with Gasteiger partial charge in [0.15, 0.2) is 0 Å². The first kappa shape index (κ1) is 16.9. The molecule has 0 amide bonds. The average Bonchev–Trinajstić information content (AvgIpc) is 2.75. The third-order valence-corrected chi connectivity index (χ3v) is 3.80. The van der Waals surface area contributed by atoms with Crippen molar-refractivity contribution in [2.75, 3.05) is 0 Å². The molecule has 118 valence electrons. The van der Waals surface area contributed by atoms with Crippen LogP contribution in [0.1, 0.15) is 35.1 Å². The van der Waals surface area contributed by atoms with Crippen molar-refractivity contribution < 1.29 is 33.3 Å².